The van der Waals surface area contributed by atoms with E-state index < -0.39 is 0 Å². The van der Waals surface area contributed by atoms with E-state index in [-0.39, 0.29) is 0 Å². The number of rotatable bonds is 2. The van der Waals surface area contributed by atoms with Crippen LogP contribution in [0.2, 0.25) is 5.15 Å². The number of piperidine rings is 1. The van der Waals surface area contributed by atoms with Crippen molar-refractivity contribution in [1.82, 2.24) is 10.3 Å². The molecule has 2 fully saturated rings. The van der Waals surface area contributed by atoms with Crippen LogP contribution in [0.5, 0.6) is 0 Å². The molecule has 1 aromatic heterocycles. The van der Waals surface area contributed by atoms with Gasteiger partial charge in [0.2, 0.25) is 0 Å². The van der Waals surface area contributed by atoms with Crippen molar-refractivity contribution < 1.29 is 0 Å². The maximum atomic E-state index is 8.87. The molecule has 1 saturated heterocycles. The van der Waals surface area contributed by atoms with Gasteiger partial charge in [-0.05, 0) is 38.6 Å². The minimum atomic E-state index is 0.317. The zero-order valence-corrected chi connectivity index (χ0v) is 11.6. The van der Waals surface area contributed by atoms with E-state index in [1.165, 1.54) is 30.6 Å². The highest BCUT2D eigenvalue weighted by Gasteiger charge is 2.40. The summed E-state index contributed by atoms with van der Waals surface area (Å²) in [5.74, 6) is 0. The highest BCUT2D eigenvalue weighted by atomic mass is 35.5. The molecule has 2 heterocycles. The van der Waals surface area contributed by atoms with Gasteiger partial charge in [0.15, 0.2) is 10.3 Å². The first-order valence-corrected chi connectivity index (χ1v) is 7.48. The molecule has 1 spiro atoms. The van der Waals surface area contributed by atoms with Crippen LogP contribution in [-0.2, 0) is 0 Å². The zero-order valence-electron chi connectivity index (χ0n) is 10.0. The molecule has 1 aromatic rings. The molecule has 1 aliphatic heterocycles. The van der Waals surface area contributed by atoms with Crippen molar-refractivity contribution in [3.8, 4) is 6.07 Å². The molecule has 3 rings (SSSR count). The van der Waals surface area contributed by atoms with Gasteiger partial charge in [-0.3, -0.25) is 0 Å². The molecular formula is C12H15ClN4S. The average Bonchev–Trinajstić information content (AvgIpc) is 2.68. The lowest BCUT2D eigenvalue weighted by Gasteiger charge is -2.48. The summed E-state index contributed by atoms with van der Waals surface area (Å²) in [5, 5.41) is 17.0. The number of aromatic nitrogens is 1. The fourth-order valence-electron chi connectivity index (χ4n) is 2.87. The van der Waals surface area contributed by atoms with Crippen LogP contribution in [0.3, 0.4) is 0 Å². The van der Waals surface area contributed by atoms with Crippen LogP contribution >= 0.6 is 22.9 Å². The highest BCUT2D eigenvalue weighted by molar-refractivity contribution is 7.16. The molecule has 2 N–H and O–H groups in total. The molecule has 0 amide bonds. The standard InChI is InChI=1S/C12H15ClN4S/c13-10-9(7-14)18-11(17-10)16-8-2-5-15-12(6-8)3-1-4-12/h8,15H,1-6H2,(H,16,17). The van der Waals surface area contributed by atoms with Crippen LogP contribution in [0.25, 0.3) is 0 Å². The lowest BCUT2D eigenvalue weighted by molar-refractivity contribution is 0.135. The molecule has 1 unspecified atom stereocenters. The summed E-state index contributed by atoms with van der Waals surface area (Å²) in [7, 11) is 0. The molecule has 0 radical (unpaired) electrons. The largest absolute Gasteiger partial charge is 0.359 e. The topological polar surface area (TPSA) is 60.7 Å². The molecule has 0 bridgehead atoms. The van der Waals surface area contributed by atoms with Gasteiger partial charge in [0, 0.05) is 11.6 Å². The van der Waals surface area contributed by atoms with Gasteiger partial charge in [-0.25, -0.2) is 4.98 Å². The molecule has 2 aliphatic rings. The Balaban J connectivity index is 1.66. The summed E-state index contributed by atoms with van der Waals surface area (Å²) in [4.78, 5) is 4.69. The molecule has 18 heavy (non-hydrogen) atoms. The molecule has 1 atom stereocenters. The second-order valence-corrected chi connectivity index (χ2v) is 6.50. The van der Waals surface area contributed by atoms with Crippen LogP contribution in [0, 0.1) is 11.3 Å². The van der Waals surface area contributed by atoms with Crippen LogP contribution < -0.4 is 10.6 Å². The zero-order chi connectivity index (χ0) is 12.6. The predicted molar refractivity (Wildman–Crippen MR) is 73.1 cm³/mol. The van der Waals surface area contributed by atoms with E-state index in [4.69, 9.17) is 16.9 Å². The molecule has 96 valence electrons. The van der Waals surface area contributed by atoms with Crippen molar-refractivity contribution in [2.75, 3.05) is 11.9 Å². The first-order valence-electron chi connectivity index (χ1n) is 6.29. The van der Waals surface area contributed by atoms with E-state index in [0.29, 0.717) is 21.6 Å². The summed E-state index contributed by atoms with van der Waals surface area (Å²) < 4.78 is 0. The van der Waals surface area contributed by atoms with E-state index in [9.17, 15) is 0 Å². The Labute approximate surface area is 115 Å². The maximum absolute atomic E-state index is 8.87. The number of thiazole rings is 1. The van der Waals surface area contributed by atoms with Gasteiger partial charge in [-0.15, -0.1) is 0 Å². The summed E-state index contributed by atoms with van der Waals surface area (Å²) in [6.07, 6.45) is 6.15. The number of halogens is 1. The van der Waals surface area contributed by atoms with Crippen LogP contribution in [-0.4, -0.2) is 23.1 Å². The van der Waals surface area contributed by atoms with E-state index in [2.05, 4.69) is 21.7 Å². The Hall–Kier alpha value is -0.830. The van der Waals surface area contributed by atoms with Gasteiger partial charge in [0.05, 0.1) is 0 Å². The summed E-state index contributed by atoms with van der Waals surface area (Å²) in [6.45, 7) is 1.06. The molecule has 0 aromatic carbocycles. The van der Waals surface area contributed by atoms with Crippen molar-refractivity contribution in [2.24, 2.45) is 0 Å². The van der Waals surface area contributed by atoms with Gasteiger partial charge < -0.3 is 10.6 Å². The molecule has 1 saturated carbocycles. The van der Waals surface area contributed by atoms with Gasteiger partial charge in [0.25, 0.3) is 0 Å². The number of nitrogens with zero attached hydrogens (tertiary/aromatic N) is 2. The maximum Gasteiger partial charge on any atom is 0.185 e. The van der Waals surface area contributed by atoms with Gasteiger partial charge in [0.1, 0.15) is 10.9 Å². The third-order valence-corrected chi connectivity index (χ3v) is 5.23. The Morgan fingerprint density at radius 1 is 1.56 bits per heavy atom. The second kappa shape index (κ2) is 4.69. The fourth-order valence-corrected chi connectivity index (χ4v) is 3.90. The van der Waals surface area contributed by atoms with Crippen molar-refractivity contribution in [3.63, 3.8) is 0 Å². The second-order valence-electron chi connectivity index (χ2n) is 5.15. The van der Waals surface area contributed by atoms with Crippen molar-refractivity contribution in [1.29, 1.82) is 5.26 Å². The van der Waals surface area contributed by atoms with Crippen molar-refractivity contribution in [3.05, 3.63) is 10.0 Å². The number of hydrogen-bond acceptors (Lipinski definition) is 5. The third kappa shape index (κ3) is 2.20. The molecule has 1 aliphatic carbocycles. The van der Waals surface area contributed by atoms with E-state index in [1.54, 1.807) is 0 Å². The average molecular weight is 283 g/mol. The van der Waals surface area contributed by atoms with Crippen molar-refractivity contribution >= 4 is 28.1 Å². The first-order chi connectivity index (χ1) is 8.71. The number of anilines is 1. The minimum absolute atomic E-state index is 0.317. The number of nitriles is 1. The third-order valence-electron chi connectivity index (χ3n) is 3.96. The molecule has 6 heteroatoms. The SMILES string of the molecule is N#Cc1sc(NC2CCNC3(CCC3)C2)nc1Cl. The van der Waals surface area contributed by atoms with Gasteiger partial charge >= 0.3 is 0 Å². The summed E-state index contributed by atoms with van der Waals surface area (Å²) in [6, 6.07) is 2.51. The number of nitrogens with one attached hydrogen (secondary N) is 2. The minimum Gasteiger partial charge on any atom is -0.359 e. The van der Waals surface area contributed by atoms with Crippen LogP contribution in [0.4, 0.5) is 5.13 Å². The van der Waals surface area contributed by atoms with Gasteiger partial charge in [-0.2, -0.15) is 5.26 Å². The Morgan fingerprint density at radius 3 is 3.00 bits per heavy atom. The lowest BCUT2D eigenvalue weighted by Crippen LogP contribution is -2.58. The van der Waals surface area contributed by atoms with Gasteiger partial charge in [-0.1, -0.05) is 22.9 Å². The Bertz CT molecular complexity index is 489. The predicted octanol–water partition coefficient (Wildman–Crippen LogP) is 2.75. The van der Waals surface area contributed by atoms with E-state index in [0.717, 1.165) is 24.5 Å². The lowest BCUT2D eigenvalue weighted by atomic mass is 9.70. The smallest absolute Gasteiger partial charge is 0.185 e. The number of hydrogen-bond donors (Lipinski definition) is 2. The summed E-state index contributed by atoms with van der Waals surface area (Å²) >= 11 is 7.22. The van der Waals surface area contributed by atoms with Crippen LogP contribution in [0.15, 0.2) is 0 Å². The quantitative estimate of drug-likeness (QED) is 0.876. The Morgan fingerprint density at radius 2 is 2.39 bits per heavy atom. The molecule has 4 nitrogen and oxygen atoms in total. The highest BCUT2D eigenvalue weighted by Crippen LogP contribution is 2.39. The van der Waals surface area contributed by atoms with E-state index >= 15 is 0 Å². The van der Waals surface area contributed by atoms with Crippen LogP contribution in [0.1, 0.15) is 37.0 Å². The molecular weight excluding hydrogens is 268 g/mol. The Kier molecular flexibility index (Phi) is 3.18. The van der Waals surface area contributed by atoms with E-state index in [1.807, 2.05) is 0 Å². The monoisotopic (exact) mass is 282 g/mol. The summed E-state index contributed by atoms with van der Waals surface area (Å²) in [5.41, 5.74) is 0.370. The normalized spacial score (nSPS) is 25.4. The van der Waals surface area contributed by atoms with Crippen molar-refractivity contribution in [2.45, 2.75) is 43.7 Å². The first kappa shape index (κ1) is 12.2. The fraction of sp³-hybridized carbons (Fsp3) is 0.667.